The molecule has 21 heavy (non-hydrogen) atoms. The molecule has 3 rings (SSSR count). The van der Waals surface area contributed by atoms with E-state index in [0.717, 1.165) is 5.69 Å². The number of nitrogens with zero attached hydrogens (tertiary/aromatic N) is 3. The second kappa shape index (κ2) is 5.79. The zero-order valence-electron chi connectivity index (χ0n) is 10.7. The summed E-state index contributed by atoms with van der Waals surface area (Å²) >= 11 is 9.27. The van der Waals surface area contributed by atoms with Gasteiger partial charge >= 0.3 is 0 Å². The van der Waals surface area contributed by atoms with Crippen LogP contribution in [0.4, 0.5) is 0 Å². The summed E-state index contributed by atoms with van der Waals surface area (Å²) in [6.45, 7) is 0. The molecule has 4 nitrogen and oxygen atoms in total. The SMILES string of the molecule is O=C(c1ccc(Cl)c(Br)c1)c1cnnn1-c1ccccc1. The van der Waals surface area contributed by atoms with Gasteiger partial charge in [-0.1, -0.05) is 35.0 Å². The molecule has 0 bridgehead atoms. The van der Waals surface area contributed by atoms with Gasteiger partial charge in [0.05, 0.1) is 16.9 Å². The van der Waals surface area contributed by atoms with E-state index < -0.39 is 0 Å². The Morgan fingerprint density at radius 2 is 1.90 bits per heavy atom. The summed E-state index contributed by atoms with van der Waals surface area (Å²) in [5, 5.41) is 8.38. The van der Waals surface area contributed by atoms with Crippen LogP contribution >= 0.6 is 27.5 Å². The minimum atomic E-state index is -0.166. The van der Waals surface area contributed by atoms with Crippen LogP contribution in [-0.2, 0) is 0 Å². The van der Waals surface area contributed by atoms with Gasteiger partial charge in [-0.05, 0) is 46.3 Å². The number of halogens is 2. The first-order valence-corrected chi connectivity index (χ1v) is 7.30. The highest BCUT2D eigenvalue weighted by atomic mass is 79.9. The molecule has 0 aliphatic carbocycles. The first-order chi connectivity index (χ1) is 10.2. The average Bonchev–Trinajstić information content (AvgIpc) is 2.99. The standard InChI is InChI=1S/C15H9BrClN3O/c16-12-8-10(6-7-13(12)17)15(21)14-9-18-19-20(14)11-4-2-1-3-5-11/h1-9H. The fourth-order valence-corrected chi connectivity index (χ4v) is 2.43. The van der Waals surface area contributed by atoms with E-state index >= 15 is 0 Å². The van der Waals surface area contributed by atoms with Gasteiger partial charge in [-0.25, -0.2) is 4.68 Å². The Morgan fingerprint density at radius 3 is 2.62 bits per heavy atom. The molecule has 2 aromatic carbocycles. The van der Waals surface area contributed by atoms with Crippen molar-refractivity contribution in [1.82, 2.24) is 15.0 Å². The van der Waals surface area contributed by atoms with Crippen molar-refractivity contribution in [3.05, 3.63) is 75.5 Å². The number of hydrogen-bond donors (Lipinski definition) is 0. The highest BCUT2D eigenvalue weighted by molar-refractivity contribution is 9.10. The van der Waals surface area contributed by atoms with Gasteiger partial charge < -0.3 is 0 Å². The van der Waals surface area contributed by atoms with E-state index in [-0.39, 0.29) is 5.78 Å². The Kier molecular flexibility index (Phi) is 3.86. The minimum absolute atomic E-state index is 0.166. The van der Waals surface area contributed by atoms with Crippen molar-refractivity contribution >= 4 is 33.3 Å². The van der Waals surface area contributed by atoms with Gasteiger partial charge in [-0.15, -0.1) is 5.10 Å². The molecule has 1 heterocycles. The molecule has 0 unspecified atom stereocenters. The maximum Gasteiger partial charge on any atom is 0.213 e. The summed E-state index contributed by atoms with van der Waals surface area (Å²) in [7, 11) is 0. The van der Waals surface area contributed by atoms with Crippen LogP contribution in [0.3, 0.4) is 0 Å². The summed E-state index contributed by atoms with van der Waals surface area (Å²) < 4.78 is 2.19. The third kappa shape index (κ3) is 2.75. The van der Waals surface area contributed by atoms with E-state index in [9.17, 15) is 4.79 Å². The van der Waals surface area contributed by atoms with E-state index in [1.165, 1.54) is 10.9 Å². The van der Waals surface area contributed by atoms with Gasteiger partial charge in [0.1, 0.15) is 5.69 Å². The van der Waals surface area contributed by atoms with Crippen molar-refractivity contribution in [3.8, 4) is 5.69 Å². The van der Waals surface area contributed by atoms with Crippen LogP contribution in [0.2, 0.25) is 5.02 Å². The molecule has 104 valence electrons. The molecule has 0 fully saturated rings. The topological polar surface area (TPSA) is 47.8 Å². The van der Waals surface area contributed by atoms with Crippen LogP contribution in [0.25, 0.3) is 5.69 Å². The first kappa shape index (κ1) is 14.0. The van der Waals surface area contributed by atoms with Gasteiger partial charge in [0.2, 0.25) is 5.78 Å². The predicted molar refractivity (Wildman–Crippen MR) is 83.9 cm³/mol. The maximum absolute atomic E-state index is 12.6. The molecular weight excluding hydrogens is 354 g/mol. The van der Waals surface area contributed by atoms with E-state index in [4.69, 9.17) is 11.6 Å². The van der Waals surface area contributed by atoms with E-state index in [1.54, 1.807) is 18.2 Å². The molecule has 0 aliphatic rings. The van der Waals surface area contributed by atoms with Crippen LogP contribution < -0.4 is 0 Å². The first-order valence-electron chi connectivity index (χ1n) is 6.12. The number of carbonyl (C=O) groups excluding carboxylic acids is 1. The Morgan fingerprint density at radius 1 is 1.14 bits per heavy atom. The quantitative estimate of drug-likeness (QED) is 0.664. The van der Waals surface area contributed by atoms with Crippen LogP contribution in [0, 0.1) is 0 Å². The molecule has 6 heteroatoms. The number of para-hydroxylation sites is 1. The Balaban J connectivity index is 2.03. The zero-order chi connectivity index (χ0) is 14.8. The molecule has 1 aromatic heterocycles. The monoisotopic (exact) mass is 361 g/mol. The van der Waals surface area contributed by atoms with E-state index in [2.05, 4.69) is 26.2 Å². The van der Waals surface area contributed by atoms with Gasteiger partial charge in [-0.3, -0.25) is 4.79 Å². The molecule has 0 saturated carbocycles. The summed E-state index contributed by atoms with van der Waals surface area (Å²) in [4.78, 5) is 12.6. The fraction of sp³-hybridized carbons (Fsp3) is 0. The molecule has 0 saturated heterocycles. The molecule has 0 atom stereocenters. The predicted octanol–water partition coefficient (Wildman–Crippen LogP) is 3.91. The number of hydrogen-bond acceptors (Lipinski definition) is 3. The maximum atomic E-state index is 12.6. The molecular formula is C15H9BrClN3O. The fourth-order valence-electron chi connectivity index (χ4n) is 1.94. The van der Waals surface area contributed by atoms with Crippen LogP contribution in [0.5, 0.6) is 0 Å². The molecule has 0 radical (unpaired) electrons. The van der Waals surface area contributed by atoms with Crippen molar-refractivity contribution in [2.75, 3.05) is 0 Å². The number of aromatic nitrogens is 3. The van der Waals surface area contributed by atoms with Crippen LogP contribution in [0.1, 0.15) is 16.1 Å². The van der Waals surface area contributed by atoms with Crippen LogP contribution in [-0.4, -0.2) is 20.8 Å². The smallest absolute Gasteiger partial charge is 0.213 e. The largest absolute Gasteiger partial charge is 0.287 e. The summed E-state index contributed by atoms with van der Waals surface area (Å²) in [6, 6.07) is 14.4. The Hall–Kier alpha value is -1.98. The average molecular weight is 363 g/mol. The van der Waals surface area contributed by atoms with Crippen molar-refractivity contribution in [1.29, 1.82) is 0 Å². The van der Waals surface area contributed by atoms with Crippen molar-refractivity contribution in [2.45, 2.75) is 0 Å². The molecule has 0 spiro atoms. The molecule has 0 N–H and O–H groups in total. The summed E-state index contributed by atoms with van der Waals surface area (Å²) in [5.41, 5.74) is 1.70. The highest BCUT2D eigenvalue weighted by Gasteiger charge is 2.17. The lowest BCUT2D eigenvalue weighted by molar-refractivity contribution is 0.103. The van der Waals surface area contributed by atoms with E-state index in [1.807, 2.05) is 30.3 Å². The van der Waals surface area contributed by atoms with Crippen molar-refractivity contribution in [3.63, 3.8) is 0 Å². The number of ketones is 1. The van der Waals surface area contributed by atoms with Crippen molar-refractivity contribution in [2.24, 2.45) is 0 Å². The normalized spacial score (nSPS) is 10.6. The van der Waals surface area contributed by atoms with Crippen LogP contribution in [0.15, 0.2) is 59.2 Å². The molecule has 0 amide bonds. The Labute approximate surface area is 134 Å². The second-order valence-corrected chi connectivity index (χ2v) is 5.59. The third-order valence-corrected chi connectivity index (χ3v) is 4.18. The molecule has 0 aliphatic heterocycles. The van der Waals surface area contributed by atoms with Gasteiger partial charge in [0, 0.05) is 10.0 Å². The van der Waals surface area contributed by atoms with Crippen molar-refractivity contribution < 1.29 is 4.79 Å². The lowest BCUT2D eigenvalue weighted by atomic mass is 10.1. The number of benzene rings is 2. The van der Waals surface area contributed by atoms with E-state index in [0.29, 0.717) is 20.8 Å². The lowest BCUT2D eigenvalue weighted by Crippen LogP contribution is -2.10. The lowest BCUT2D eigenvalue weighted by Gasteiger charge is -2.06. The Bertz CT molecular complexity index is 802. The van der Waals surface area contributed by atoms with Gasteiger partial charge in [0.25, 0.3) is 0 Å². The number of rotatable bonds is 3. The summed E-state index contributed by atoms with van der Waals surface area (Å²) in [5.74, 6) is -0.166. The number of carbonyl (C=O) groups is 1. The third-order valence-electron chi connectivity index (χ3n) is 2.96. The highest BCUT2D eigenvalue weighted by Crippen LogP contribution is 2.24. The zero-order valence-corrected chi connectivity index (χ0v) is 13.0. The minimum Gasteiger partial charge on any atom is -0.287 e. The van der Waals surface area contributed by atoms with Gasteiger partial charge in [-0.2, -0.15) is 0 Å². The molecule has 3 aromatic rings. The van der Waals surface area contributed by atoms with Gasteiger partial charge in [0.15, 0.2) is 0 Å². The second-order valence-electron chi connectivity index (χ2n) is 4.32. The summed E-state index contributed by atoms with van der Waals surface area (Å²) in [6.07, 6.45) is 1.46.